The topological polar surface area (TPSA) is 73.2 Å². The van der Waals surface area contributed by atoms with Crippen molar-refractivity contribution in [3.8, 4) is 5.75 Å². The summed E-state index contributed by atoms with van der Waals surface area (Å²) in [5.41, 5.74) is 1.41. The molecule has 0 aliphatic carbocycles. The van der Waals surface area contributed by atoms with Crippen molar-refractivity contribution in [1.29, 1.82) is 0 Å². The molecule has 0 bridgehead atoms. The molecular weight excluding hydrogens is 290 g/mol. The Hall–Kier alpha value is -1.86. The standard InChI is InChI=1S/C14H19N3O3S/c1-4-17-11(2)14(10-15-17)21(18,19)16-9-12-7-5-6-8-13(12)20-3/h5-8,10,16H,4,9H2,1-3H3. The van der Waals surface area contributed by atoms with Crippen molar-refractivity contribution in [3.63, 3.8) is 0 Å². The Morgan fingerprint density at radius 3 is 2.67 bits per heavy atom. The second kappa shape index (κ2) is 6.28. The molecule has 114 valence electrons. The number of para-hydroxylation sites is 1. The van der Waals surface area contributed by atoms with Crippen LogP contribution in [0.3, 0.4) is 0 Å². The van der Waals surface area contributed by atoms with Gasteiger partial charge in [-0.3, -0.25) is 4.68 Å². The molecule has 0 saturated heterocycles. The van der Waals surface area contributed by atoms with Gasteiger partial charge in [0.1, 0.15) is 10.6 Å². The molecule has 0 aliphatic heterocycles. The quantitative estimate of drug-likeness (QED) is 0.881. The van der Waals surface area contributed by atoms with E-state index in [0.717, 1.165) is 5.56 Å². The second-order valence-electron chi connectivity index (χ2n) is 4.55. The van der Waals surface area contributed by atoms with Gasteiger partial charge >= 0.3 is 0 Å². The fourth-order valence-corrected chi connectivity index (χ4v) is 3.29. The summed E-state index contributed by atoms with van der Waals surface area (Å²) < 4.78 is 34.1. The van der Waals surface area contributed by atoms with Gasteiger partial charge in [-0.1, -0.05) is 18.2 Å². The van der Waals surface area contributed by atoms with E-state index in [1.54, 1.807) is 24.8 Å². The number of ether oxygens (including phenoxy) is 1. The summed E-state index contributed by atoms with van der Waals surface area (Å²) in [6.45, 7) is 4.46. The van der Waals surface area contributed by atoms with E-state index in [9.17, 15) is 8.42 Å². The first kappa shape index (κ1) is 15.5. The number of aryl methyl sites for hydroxylation is 1. The van der Waals surface area contributed by atoms with Crippen LogP contribution in [0, 0.1) is 6.92 Å². The summed E-state index contributed by atoms with van der Waals surface area (Å²) in [5, 5.41) is 4.06. The van der Waals surface area contributed by atoms with E-state index in [1.165, 1.54) is 6.20 Å². The summed E-state index contributed by atoms with van der Waals surface area (Å²) in [5.74, 6) is 0.654. The predicted octanol–water partition coefficient (Wildman–Crippen LogP) is 1.70. The summed E-state index contributed by atoms with van der Waals surface area (Å²) in [6, 6.07) is 7.30. The molecule has 0 amide bonds. The Balaban J connectivity index is 2.20. The van der Waals surface area contributed by atoms with Gasteiger partial charge in [-0.15, -0.1) is 0 Å². The van der Waals surface area contributed by atoms with E-state index in [0.29, 0.717) is 18.0 Å². The van der Waals surface area contributed by atoms with Crippen molar-refractivity contribution < 1.29 is 13.2 Å². The molecule has 0 fully saturated rings. The van der Waals surface area contributed by atoms with E-state index in [2.05, 4.69) is 9.82 Å². The molecule has 6 nitrogen and oxygen atoms in total. The molecule has 0 unspecified atom stereocenters. The van der Waals surface area contributed by atoms with E-state index in [1.807, 2.05) is 25.1 Å². The molecule has 21 heavy (non-hydrogen) atoms. The van der Waals surface area contributed by atoms with Gasteiger partial charge < -0.3 is 4.74 Å². The molecule has 2 aromatic rings. The van der Waals surface area contributed by atoms with Crippen LogP contribution in [0.25, 0.3) is 0 Å². The van der Waals surface area contributed by atoms with Gasteiger partial charge in [0.25, 0.3) is 0 Å². The molecule has 1 heterocycles. The highest BCUT2D eigenvalue weighted by Gasteiger charge is 2.20. The summed E-state index contributed by atoms with van der Waals surface area (Å²) in [4.78, 5) is 0.208. The Labute approximate surface area is 124 Å². The minimum atomic E-state index is -3.59. The molecule has 1 aromatic carbocycles. The zero-order valence-electron chi connectivity index (χ0n) is 12.3. The Bertz CT molecular complexity index is 723. The Morgan fingerprint density at radius 1 is 1.33 bits per heavy atom. The number of nitrogens with zero attached hydrogens (tertiary/aromatic N) is 2. The van der Waals surface area contributed by atoms with Crippen LogP contribution in [0.5, 0.6) is 5.75 Å². The van der Waals surface area contributed by atoms with Crippen molar-refractivity contribution in [2.75, 3.05) is 7.11 Å². The van der Waals surface area contributed by atoms with Crippen LogP contribution in [0.4, 0.5) is 0 Å². The van der Waals surface area contributed by atoms with Crippen molar-refractivity contribution in [2.45, 2.75) is 31.8 Å². The average molecular weight is 309 g/mol. The van der Waals surface area contributed by atoms with Gasteiger partial charge in [-0.2, -0.15) is 5.10 Å². The minimum Gasteiger partial charge on any atom is -0.496 e. The van der Waals surface area contributed by atoms with Gasteiger partial charge in [0.05, 0.1) is 19.0 Å². The maximum absolute atomic E-state index is 12.3. The zero-order valence-corrected chi connectivity index (χ0v) is 13.1. The number of methoxy groups -OCH3 is 1. The highest BCUT2D eigenvalue weighted by atomic mass is 32.2. The van der Waals surface area contributed by atoms with E-state index < -0.39 is 10.0 Å². The smallest absolute Gasteiger partial charge is 0.244 e. The third-order valence-corrected chi connectivity index (χ3v) is 4.80. The maximum Gasteiger partial charge on any atom is 0.244 e. The largest absolute Gasteiger partial charge is 0.496 e. The first-order chi connectivity index (χ1) is 9.99. The summed E-state index contributed by atoms with van der Waals surface area (Å²) in [6.07, 6.45) is 1.38. The van der Waals surface area contributed by atoms with Crippen molar-refractivity contribution in [2.24, 2.45) is 0 Å². The number of aromatic nitrogens is 2. The van der Waals surface area contributed by atoms with Crippen LogP contribution >= 0.6 is 0 Å². The Kier molecular flexibility index (Phi) is 4.64. The van der Waals surface area contributed by atoms with E-state index >= 15 is 0 Å². The highest BCUT2D eigenvalue weighted by molar-refractivity contribution is 7.89. The third-order valence-electron chi connectivity index (χ3n) is 3.29. The average Bonchev–Trinajstić information content (AvgIpc) is 2.87. The monoisotopic (exact) mass is 309 g/mol. The van der Waals surface area contributed by atoms with Gasteiger partial charge in [-0.05, 0) is 19.9 Å². The van der Waals surface area contributed by atoms with Crippen LogP contribution in [0.15, 0.2) is 35.4 Å². The van der Waals surface area contributed by atoms with Crippen LogP contribution in [-0.4, -0.2) is 25.3 Å². The molecule has 0 radical (unpaired) electrons. The fraction of sp³-hybridized carbons (Fsp3) is 0.357. The molecule has 0 spiro atoms. The number of nitrogens with one attached hydrogen (secondary N) is 1. The molecule has 7 heteroatoms. The third kappa shape index (κ3) is 3.25. The molecule has 0 saturated carbocycles. The second-order valence-corrected chi connectivity index (χ2v) is 6.28. The maximum atomic E-state index is 12.3. The minimum absolute atomic E-state index is 0.170. The van der Waals surface area contributed by atoms with Crippen molar-refractivity contribution in [3.05, 3.63) is 41.7 Å². The normalized spacial score (nSPS) is 11.6. The van der Waals surface area contributed by atoms with Crippen LogP contribution in [0.2, 0.25) is 0 Å². The molecule has 2 rings (SSSR count). The lowest BCUT2D eigenvalue weighted by atomic mass is 10.2. The molecule has 1 aromatic heterocycles. The predicted molar refractivity (Wildman–Crippen MR) is 79.7 cm³/mol. The lowest BCUT2D eigenvalue weighted by Gasteiger charge is -2.10. The molecular formula is C14H19N3O3S. The van der Waals surface area contributed by atoms with E-state index in [4.69, 9.17) is 4.74 Å². The first-order valence-corrected chi connectivity index (χ1v) is 8.12. The van der Waals surface area contributed by atoms with E-state index in [-0.39, 0.29) is 11.4 Å². The zero-order chi connectivity index (χ0) is 15.5. The summed E-state index contributed by atoms with van der Waals surface area (Å²) in [7, 11) is -2.03. The van der Waals surface area contributed by atoms with Crippen LogP contribution in [-0.2, 0) is 23.1 Å². The van der Waals surface area contributed by atoms with Crippen LogP contribution < -0.4 is 9.46 Å². The van der Waals surface area contributed by atoms with Crippen molar-refractivity contribution >= 4 is 10.0 Å². The SMILES string of the molecule is CCn1ncc(S(=O)(=O)NCc2ccccc2OC)c1C. The number of hydrogen-bond donors (Lipinski definition) is 1. The molecule has 1 N–H and O–H groups in total. The van der Waals surface area contributed by atoms with Gasteiger partial charge in [-0.25, -0.2) is 13.1 Å². The summed E-state index contributed by atoms with van der Waals surface area (Å²) >= 11 is 0. The molecule has 0 atom stereocenters. The lowest BCUT2D eigenvalue weighted by Crippen LogP contribution is -2.24. The number of sulfonamides is 1. The highest BCUT2D eigenvalue weighted by Crippen LogP contribution is 2.19. The van der Waals surface area contributed by atoms with Crippen LogP contribution in [0.1, 0.15) is 18.2 Å². The molecule has 0 aliphatic rings. The lowest BCUT2D eigenvalue weighted by molar-refractivity contribution is 0.409. The van der Waals surface area contributed by atoms with Gasteiger partial charge in [0, 0.05) is 18.7 Å². The van der Waals surface area contributed by atoms with Gasteiger partial charge in [0.15, 0.2) is 0 Å². The number of hydrogen-bond acceptors (Lipinski definition) is 4. The number of rotatable bonds is 6. The van der Waals surface area contributed by atoms with Gasteiger partial charge in [0.2, 0.25) is 10.0 Å². The van der Waals surface area contributed by atoms with Crippen molar-refractivity contribution in [1.82, 2.24) is 14.5 Å². The fourth-order valence-electron chi connectivity index (χ4n) is 2.11. The first-order valence-electron chi connectivity index (χ1n) is 6.63. The number of benzene rings is 1. The Morgan fingerprint density at radius 2 is 2.05 bits per heavy atom.